The van der Waals surface area contributed by atoms with Crippen molar-refractivity contribution in [2.24, 2.45) is 0 Å². The third-order valence-electron chi connectivity index (χ3n) is 2.88. The molecule has 0 saturated heterocycles. The summed E-state index contributed by atoms with van der Waals surface area (Å²) in [5.74, 6) is 0.811. The quantitative estimate of drug-likeness (QED) is 0.522. The smallest absolute Gasteiger partial charge is 0.00604 e. The Kier molecular flexibility index (Phi) is 0.894. The van der Waals surface area contributed by atoms with Crippen LogP contribution in [0.25, 0.3) is 6.08 Å². The molecule has 1 fully saturated rings. The molecule has 11 heavy (non-hydrogen) atoms. The minimum absolute atomic E-state index is 0.811. The topological polar surface area (TPSA) is 0 Å². The molecule has 3 rings (SSSR count). The van der Waals surface area contributed by atoms with Crippen LogP contribution >= 0.6 is 0 Å². The summed E-state index contributed by atoms with van der Waals surface area (Å²) in [5.41, 5.74) is 4.69. The van der Waals surface area contributed by atoms with E-state index in [4.69, 9.17) is 0 Å². The lowest BCUT2D eigenvalue weighted by atomic mass is 9.79. The molecule has 1 aromatic carbocycles. The predicted molar refractivity (Wildman–Crippen MR) is 46.4 cm³/mol. The standard InChI is InChI=1S/C11H10/c1-2-4-10-8(3-1)7-9-5-6-11(9)10/h1-4,7,11H,5-6H2. The highest BCUT2D eigenvalue weighted by Crippen LogP contribution is 2.48. The molecular weight excluding hydrogens is 132 g/mol. The fraction of sp³-hybridized carbons (Fsp3) is 0.273. The first-order chi connectivity index (χ1) is 5.45. The molecule has 2 aliphatic carbocycles. The Morgan fingerprint density at radius 2 is 2.09 bits per heavy atom. The zero-order valence-electron chi connectivity index (χ0n) is 6.38. The van der Waals surface area contributed by atoms with Crippen molar-refractivity contribution in [3.8, 4) is 0 Å². The molecule has 1 unspecified atom stereocenters. The first-order valence-corrected chi connectivity index (χ1v) is 4.24. The highest BCUT2D eigenvalue weighted by atomic mass is 14.3. The van der Waals surface area contributed by atoms with E-state index in [-0.39, 0.29) is 0 Å². The molecule has 0 heteroatoms. The van der Waals surface area contributed by atoms with Gasteiger partial charge < -0.3 is 0 Å². The second kappa shape index (κ2) is 1.76. The molecule has 2 aliphatic rings. The summed E-state index contributed by atoms with van der Waals surface area (Å²) < 4.78 is 0. The molecule has 1 aromatic rings. The minimum Gasteiger partial charge on any atom is -0.0620 e. The van der Waals surface area contributed by atoms with Crippen molar-refractivity contribution < 1.29 is 0 Å². The number of benzene rings is 1. The summed E-state index contributed by atoms with van der Waals surface area (Å²) in [6.07, 6.45) is 5.08. The average molecular weight is 142 g/mol. The van der Waals surface area contributed by atoms with Crippen LogP contribution in [0.3, 0.4) is 0 Å². The van der Waals surface area contributed by atoms with Gasteiger partial charge in [-0.25, -0.2) is 0 Å². The van der Waals surface area contributed by atoms with E-state index >= 15 is 0 Å². The molecular formula is C11H10. The van der Waals surface area contributed by atoms with Crippen molar-refractivity contribution in [1.82, 2.24) is 0 Å². The fourth-order valence-electron chi connectivity index (χ4n) is 2.14. The Morgan fingerprint density at radius 1 is 1.18 bits per heavy atom. The summed E-state index contributed by atoms with van der Waals surface area (Å²) in [4.78, 5) is 0. The Bertz CT molecular complexity index is 334. The maximum Gasteiger partial charge on any atom is 0.00604 e. The first kappa shape index (κ1) is 5.59. The molecule has 0 aromatic heterocycles. The molecule has 54 valence electrons. The van der Waals surface area contributed by atoms with Gasteiger partial charge in [0.25, 0.3) is 0 Å². The zero-order chi connectivity index (χ0) is 7.26. The summed E-state index contributed by atoms with van der Waals surface area (Å²) in [5, 5.41) is 0. The van der Waals surface area contributed by atoms with E-state index in [1.165, 1.54) is 18.4 Å². The lowest BCUT2D eigenvalue weighted by Gasteiger charge is -2.25. The van der Waals surface area contributed by atoms with Crippen LogP contribution in [0.5, 0.6) is 0 Å². The third kappa shape index (κ3) is 0.597. The van der Waals surface area contributed by atoms with Crippen LogP contribution in [-0.4, -0.2) is 0 Å². The Hall–Kier alpha value is -1.04. The van der Waals surface area contributed by atoms with Crippen molar-refractivity contribution in [1.29, 1.82) is 0 Å². The number of hydrogen-bond acceptors (Lipinski definition) is 0. The molecule has 0 radical (unpaired) electrons. The molecule has 1 saturated carbocycles. The number of fused-ring (bicyclic) bond motifs is 3. The number of rotatable bonds is 0. The predicted octanol–water partition coefficient (Wildman–Crippen LogP) is 2.96. The van der Waals surface area contributed by atoms with Gasteiger partial charge in [0.2, 0.25) is 0 Å². The molecule has 0 heterocycles. The van der Waals surface area contributed by atoms with E-state index < -0.39 is 0 Å². The lowest BCUT2D eigenvalue weighted by molar-refractivity contribution is 0.580. The van der Waals surface area contributed by atoms with Crippen molar-refractivity contribution in [2.45, 2.75) is 18.8 Å². The molecule has 0 nitrogen and oxygen atoms in total. The van der Waals surface area contributed by atoms with Gasteiger partial charge in [-0.05, 0) is 24.0 Å². The van der Waals surface area contributed by atoms with Crippen LogP contribution < -0.4 is 0 Å². The number of hydrogen-bond donors (Lipinski definition) is 0. The highest BCUT2D eigenvalue weighted by Gasteiger charge is 2.31. The normalized spacial score (nSPS) is 25.1. The van der Waals surface area contributed by atoms with Crippen molar-refractivity contribution in [3.05, 3.63) is 41.0 Å². The van der Waals surface area contributed by atoms with Crippen LogP contribution in [0.2, 0.25) is 0 Å². The largest absolute Gasteiger partial charge is 0.0620 e. The van der Waals surface area contributed by atoms with Crippen molar-refractivity contribution in [2.75, 3.05) is 0 Å². The van der Waals surface area contributed by atoms with E-state index in [1.54, 1.807) is 11.1 Å². The van der Waals surface area contributed by atoms with E-state index in [2.05, 4.69) is 30.3 Å². The number of allylic oxidation sites excluding steroid dienone is 1. The fourth-order valence-corrected chi connectivity index (χ4v) is 2.14. The van der Waals surface area contributed by atoms with Gasteiger partial charge in [0.15, 0.2) is 0 Å². The van der Waals surface area contributed by atoms with Gasteiger partial charge in [0, 0.05) is 5.92 Å². The van der Waals surface area contributed by atoms with Gasteiger partial charge in [-0.3, -0.25) is 0 Å². The van der Waals surface area contributed by atoms with Gasteiger partial charge in [0.1, 0.15) is 0 Å². The maximum absolute atomic E-state index is 2.36. The van der Waals surface area contributed by atoms with Gasteiger partial charge in [-0.1, -0.05) is 35.9 Å². The Labute approximate surface area is 66.6 Å². The van der Waals surface area contributed by atoms with Crippen molar-refractivity contribution >= 4 is 6.08 Å². The van der Waals surface area contributed by atoms with Gasteiger partial charge in [0.05, 0.1) is 0 Å². The van der Waals surface area contributed by atoms with E-state index in [9.17, 15) is 0 Å². The molecule has 0 aliphatic heterocycles. The van der Waals surface area contributed by atoms with Crippen LogP contribution in [0.15, 0.2) is 29.8 Å². The summed E-state index contributed by atoms with van der Waals surface area (Å²) >= 11 is 0. The first-order valence-electron chi connectivity index (χ1n) is 4.24. The molecule has 0 spiro atoms. The Balaban J connectivity index is 2.23. The minimum atomic E-state index is 0.811. The van der Waals surface area contributed by atoms with E-state index in [0.717, 1.165) is 5.92 Å². The Morgan fingerprint density at radius 3 is 2.91 bits per heavy atom. The molecule has 1 atom stereocenters. The maximum atomic E-state index is 2.36. The molecule has 0 bridgehead atoms. The van der Waals surface area contributed by atoms with Crippen LogP contribution in [0.1, 0.15) is 29.9 Å². The molecule has 0 amide bonds. The highest BCUT2D eigenvalue weighted by molar-refractivity contribution is 5.68. The summed E-state index contributed by atoms with van der Waals surface area (Å²) in [6, 6.07) is 8.76. The zero-order valence-corrected chi connectivity index (χ0v) is 6.38. The van der Waals surface area contributed by atoms with E-state index in [1.807, 2.05) is 0 Å². The second-order valence-electron chi connectivity index (χ2n) is 3.44. The lowest BCUT2D eigenvalue weighted by Crippen LogP contribution is -2.08. The van der Waals surface area contributed by atoms with Gasteiger partial charge >= 0.3 is 0 Å². The second-order valence-corrected chi connectivity index (χ2v) is 3.44. The average Bonchev–Trinajstić information content (AvgIpc) is 2.23. The van der Waals surface area contributed by atoms with Gasteiger partial charge in [-0.15, -0.1) is 0 Å². The molecule has 0 N–H and O–H groups in total. The summed E-state index contributed by atoms with van der Waals surface area (Å²) in [6.45, 7) is 0. The van der Waals surface area contributed by atoms with Crippen molar-refractivity contribution in [3.63, 3.8) is 0 Å². The third-order valence-corrected chi connectivity index (χ3v) is 2.88. The monoisotopic (exact) mass is 142 g/mol. The van der Waals surface area contributed by atoms with E-state index in [0.29, 0.717) is 0 Å². The van der Waals surface area contributed by atoms with Gasteiger partial charge in [-0.2, -0.15) is 0 Å². The van der Waals surface area contributed by atoms with Crippen LogP contribution in [0.4, 0.5) is 0 Å². The SMILES string of the molecule is C1=C2CCC2c2ccccc21. The summed E-state index contributed by atoms with van der Waals surface area (Å²) in [7, 11) is 0. The van der Waals surface area contributed by atoms with Crippen LogP contribution in [0, 0.1) is 0 Å². The van der Waals surface area contributed by atoms with Crippen LogP contribution in [-0.2, 0) is 0 Å².